The Labute approximate surface area is 179 Å². The van der Waals surface area contributed by atoms with Crippen molar-refractivity contribution in [2.45, 2.75) is 0 Å². The highest BCUT2D eigenvalue weighted by Gasteiger charge is 2.29. The number of amidine groups is 1. The van der Waals surface area contributed by atoms with Crippen LogP contribution in [0, 0.1) is 5.82 Å². The zero-order chi connectivity index (χ0) is 21.1. The topological polar surface area (TPSA) is 54.4 Å². The van der Waals surface area contributed by atoms with Crippen molar-refractivity contribution in [3.63, 3.8) is 0 Å². The zero-order valence-corrected chi connectivity index (χ0v) is 17.6. The van der Waals surface area contributed by atoms with Crippen molar-refractivity contribution in [2.24, 2.45) is 4.99 Å². The zero-order valence-electron chi connectivity index (χ0n) is 16.8. The van der Waals surface area contributed by atoms with Gasteiger partial charge in [0.15, 0.2) is 5.17 Å². The van der Waals surface area contributed by atoms with Gasteiger partial charge in [0.25, 0.3) is 5.91 Å². The number of carbonyl (C=O) groups excluding carboxylic acids is 1. The molecule has 1 fully saturated rings. The van der Waals surface area contributed by atoms with Gasteiger partial charge in [-0.2, -0.15) is 4.99 Å². The van der Waals surface area contributed by atoms with Crippen molar-refractivity contribution in [2.75, 3.05) is 45.3 Å². The van der Waals surface area contributed by atoms with Crippen LogP contribution in [-0.2, 0) is 4.79 Å². The van der Waals surface area contributed by atoms with E-state index in [9.17, 15) is 9.18 Å². The molecule has 2 aliphatic heterocycles. The molecule has 0 N–H and O–H groups in total. The van der Waals surface area contributed by atoms with Gasteiger partial charge in [-0.1, -0.05) is 12.1 Å². The van der Waals surface area contributed by atoms with E-state index in [0.29, 0.717) is 53.4 Å². The van der Waals surface area contributed by atoms with E-state index in [4.69, 9.17) is 9.47 Å². The number of piperazine rings is 1. The lowest BCUT2D eigenvalue weighted by Crippen LogP contribution is -2.48. The van der Waals surface area contributed by atoms with Crippen LogP contribution < -0.4 is 14.4 Å². The van der Waals surface area contributed by atoms with Crippen LogP contribution in [0.15, 0.2) is 52.4 Å². The highest BCUT2D eigenvalue weighted by molar-refractivity contribution is 8.18. The second-order valence-electron chi connectivity index (χ2n) is 6.84. The van der Waals surface area contributed by atoms with Gasteiger partial charge in [-0.05, 0) is 48.2 Å². The van der Waals surface area contributed by atoms with Crippen molar-refractivity contribution < 1.29 is 18.7 Å². The van der Waals surface area contributed by atoms with E-state index in [1.54, 1.807) is 44.6 Å². The maximum atomic E-state index is 14.0. The molecule has 2 aromatic rings. The van der Waals surface area contributed by atoms with Crippen molar-refractivity contribution in [1.82, 2.24) is 4.90 Å². The van der Waals surface area contributed by atoms with Crippen molar-refractivity contribution >= 4 is 34.6 Å². The number of amides is 1. The van der Waals surface area contributed by atoms with E-state index in [2.05, 4.69) is 9.89 Å². The van der Waals surface area contributed by atoms with Gasteiger partial charge in [0.1, 0.15) is 17.3 Å². The van der Waals surface area contributed by atoms with Crippen LogP contribution in [0.25, 0.3) is 6.08 Å². The Morgan fingerprint density at radius 2 is 1.77 bits per heavy atom. The first-order chi connectivity index (χ1) is 14.6. The summed E-state index contributed by atoms with van der Waals surface area (Å²) in [5.41, 5.74) is 1.37. The lowest BCUT2D eigenvalue weighted by Gasteiger charge is -2.36. The normalized spacial score (nSPS) is 18.0. The smallest absolute Gasteiger partial charge is 0.286 e. The Balaban J connectivity index is 1.45. The fourth-order valence-electron chi connectivity index (χ4n) is 3.47. The van der Waals surface area contributed by atoms with Gasteiger partial charge in [-0.15, -0.1) is 0 Å². The van der Waals surface area contributed by atoms with Crippen LogP contribution in [0.3, 0.4) is 0 Å². The number of benzene rings is 2. The molecule has 6 nitrogen and oxygen atoms in total. The molecule has 0 atom stereocenters. The Morgan fingerprint density at radius 3 is 2.47 bits per heavy atom. The number of halogens is 1. The maximum Gasteiger partial charge on any atom is 0.286 e. The molecule has 0 bridgehead atoms. The summed E-state index contributed by atoms with van der Waals surface area (Å²) in [5, 5.41) is 0.682. The van der Waals surface area contributed by atoms with Gasteiger partial charge >= 0.3 is 0 Å². The summed E-state index contributed by atoms with van der Waals surface area (Å²) in [4.78, 5) is 21.3. The fourth-order valence-corrected chi connectivity index (χ4v) is 4.43. The fraction of sp³-hybridized carbons (Fsp3) is 0.273. The molecular formula is C22H22FN3O3S. The van der Waals surface area contributed by atoms with Crippen molar-refractivity contribution in [1.29, 1.82) is 0 Å². The number of carbonyl (C=O) groups is 1. The third kappa shape index (κ3) is 4.14. The van der Waals surface area contributed by atoms with Gasteiger partial charge in [0.05, 0.1) is 24.8 Å². The number of para-hydroxylation sites is 1. The van der Waals surface area contributed by atoms with Crippen molar-refractivity contribution in [3.05, 3.63) is 58.8 Å². The minimum atomic E-state index is -0.267. The Morgan fingerprint density at radius 1 is 1.03 bits per heavy atom. The summed E-state index contributed by atoms with van der Waals surface area (Å²) in [5.74, 6) is 0.856. The standard InChI is InChI=1S/C22H22FN3O3S/c1-28-16-7-8-19(29-2)15(13-16)14-20-21(27)24-22(30-20)26-11-9-25(10-12-26)18-6-4-3-5-17(18)23/h3-8,13-14H,9-12H2,1-2H3/b20-14-. The molecule has 0 radical (unpaired) electrons. The molecule has 0 aliphatic carbocycles. The number of hydrogen-bond acceptors (Lipinski definition) is 6. The Hall–Kier alpha value is -3.00. The van der Waals surface area contributed by atoms with E-state index in [1.807, 2.05) is 17.0 Å². The molecule has 2 heterocycles. The molecule has 8 heteroatoms. The highest BCUT2D eigenvalue weighted by atomic mass is 32.2. The minimum Gasteiger partial charge on any atom is -0.497 e. The molecule has 1 amide bonds. The predicted molar refractivity (Wildman–Crippen MR) is 118 cm³/mol. The van der Waals surface area contributed by atoms with Gasteiger partial charge < -0.3 is 19.3 Å². The molecule has 0 unspecified atom stereocenters. The number of anilines is 1. The number of nitrogens with zero attached hydrogens (tertiary/aromatic N) is 3. The molecule has 30 heavy (non-hydrogen) atoms. The second-order valence-corrected chi connectivity index (χ2v) is 7.85. The Bertz CT molecular complexity index is 1020. The number of aliphatic imine (C=N–C) groups is 1. The molecule has 2 aromatic carbocycles. The first-order valence-corrected chi connectivity index (χ1v) is 10.4. The number of thioether (sulfide) groups is 1. The summed E-state index contributed by atoms with van der Waals surface area (Å²) < 4.78 is 24.7. The molecule has 1 saturated heterocycles. The summed E-state index contributed by atoms with van der Waals surface area (Å²) in [7, 11) is 3.18. The van der Waals surface area contributed by atoms with Crippen LogP contribution in [0.2, 0.25) is 0 Å². The van der Waals surface area contributed by atoms with Crippen LogP contribution in [-0.4, -0.2) is 56.4 Å². The summed E-state index contributed by atoms with van der Waals surface area (Å²) in [6, 6.07) is 12.2. The van der Waals surface area contributed by atoms with Gasteiger partial charge in [-0.25, -0.2) is 4.39 Å². The monoisotopic (exact) mass is 427 g/mol. The minimum absolute atomic E-state index is 0.217. The lowest BCUT2D eigenvalue weighted by atomic mass is 10.1. The Kier molecular flexibility index (Phi) is 5.94. The average Bonchev–Trinajstić information content (AvgIpc) is 3.14. The maximum absolute atomic E-state index is 14.0. The lowest BCUT2D eigenvalue weighted by molar-refractivity contribution is -0.113. The van der Waals surface area contributed by atoms with Crippen LogP contribution in [0.1, 0.15) is 5.56 Å². The third-order valence-corrected chi connectivity index (χ3v) is 6.12. The number of ether oxygens (including phenoxy) is 2. The first kappa shape index (κ1) is 20.3. The number of hydrogen-bond donors (Lipinski definition) is 0. The van der Waals surface area contributed by atoms with E-state index >= 15 is 0 Å². The van der Waals surface area contributed by atoms with Gasteiger partial charge in [0.2, 0.25) is 0 Å². The van der Waals surface area contributed by atoms with Gasteiger partial charge in [-0.3, -0.25) is 4.79 Å². The summed E-state index contributed by atoms with van der Waals surface area (Å²) in [6.45, 7) is 2.67. The van der Waals surface area contributed by atoms with Crippen molar-refractivity contribution in [3.8, 4) is 11.5 Å². The summed E-state index contributed by atoms with van der Waals surface area (Å²) >= 11 is 1.35. The quantitative estimate of drug-likeness (QED) is 0.695. The SMILES string of the molecule is COc1ccc(OC)c(/C=C2\SC(N3CCN(c4ccccc4F)CC3)=NC2=O)c1. The number of rotatable bonds is 4. The second kappa shape index (κ2) is 8.79. The first-order valence-electron chi connectivity index (χ1n) is 9.58. The molecule has 4 rings (SSSR count). The number of methoxy groups -OCH3 is 2. The predicted octanol–water partition coefficient (Wildman–Crippen LogP) is 3.64. The molecule has 156 valence electrons. The molecule has 0 saturated carbocycles. The third-order valence-electron chi connectivity index (χ3n) is 5.08. The van der Waals surface area contributed by atoms with E-state index in [-0.39, 0.29) is 11.7 Å². The highest BCUT2D eigenvalue weighted by Crippen LogP contribution is 2.34. The molecule has 0 spiro atoms. The van der Waals surface area contributed by atoms with E-state index in [0.717, 1.165) is 5.56 Å². The largest absolute Gasteiger partial charge is 0.497 e. The van der Waals surface area contributed by atoms with E-state index < -0.39 is 0 Å². The molecular weight excluding hydrogens is 405 g/mol. The van der Waals surface area contributed by atoms with E-state index in [1.165, 1.54) is 17.8 Å². The molecule has 0 aromatic heterocycles. The van der Waals surface area contributed by atoms with Crippen LogP contribution in [0.5, 0.6) is 11.5 Å². The molecule has 2 aliphatic rings. The van der Waals surface area contributed by atoms with Crippen LogP contribution in [0.4, 0.5) is 10.1 Å². The van der Waals surface area contributed by atoms with Gasteiger partial charge in [0, 0.05) is 31.7 Å². The summed E-state index contributed by atoms with van der Waals surface area (Å²) in [6.07, 6.45) is 1.78. The van der Waals surface area contributed by atoms with Crippen LogP contribution >= 0.6 is 11.8 Å². The average molecular weight is 428 g/mol.